The minimum Gasteiger partial charge on any atom is -0.426 e. The minimum atomic E-state index is -0.762. The van der Waals surface area contributed by atoms with E-state index in [9.17, 15) is 14.4 Å². The van der Waals surface area contributed by atoms with Crippen LogP contribution in [0.5, 0.6) is 5.75 Å². The van der Waals surface area contributed by atoms with Gasteiger partial charge in [-0.05, 0) is 42.2 Å². The van der Waals surface area contributed by atoms with E-state index >= 15 is 0 Å². The lowest BCUT2D eigenvalue weighted by molar-refractivity contribution is -0.135. The third-order valence-electron chi connectivity index (χ3n) is 6.19. The zero-order valence-electron chi connectivity index (χ0n) is 19.5. The summed E-state index contributed by atoms with van der Waals surface area (Å²) in [6, 6.07) is 25.0. The van der Waals surface area contributed by atoms with Gasteiger partial charge in [-0.1, -0.05) is 60.7 Å². The first-order valence-corrected chi connectivity index (χ1v) is 11.9. The predicted octanol–water partition coefficient (Wildman–Crippen LogP) is 4.44. The van der Waals surface area contributed by atoms with Crippen molar-refractivity contribution >= 4 is 22.8 Å². The van der Waals surface area contributed by atoms with Crippen molar-refractivity contribution in [2.24, 2.45) is 0 Å². The molecular formula is C29H25NO6. The third kappa shape index (κ3) is 5.21. The zero-order chi connectivity index (χ0) is 24.9. The number of hydrogen-bond acceptors (Lipinski definition) is 6. The molecular weight excluding hydrogens is 458 g/mol. The molecule has 7 heteroatoms. The second-order valence-electron chi connectivity index (χ2n) is 8.67. The highest BCUT2D eigenvalue weighted by Crippen LogP contribution is 2.28. The summed E-state index contributed by atoms with van der Waals surface area (Å²) in [6.07, 6.45) is 1.81. The highest BCUT2D eigenvalue weighted by molar-refractivity contribution is 5.96. The maximum absolute atomic E-state index is 13.3. The molecule has 1 aromatic heterocycles. The average Bonchev–Trinajstić information content (AvgIpc) is 3.42. The van der Waals surface area contributed by atoms with Crippen LogP contribution in [0.4, 0.5) is 0 Å². The summed E-state index contributed by atoms with van der Waals surface area (Å²) in [5.74, 6) is -1.35. The summed E-state index contributed by atoms with van der Waals surface area (Å²) in [6.45, 7) is 1.03. The van der Waals surface area contributed by atoms with Crippen molar-refractivity contribution in [1.29, 1.82) is 0 Å². The Balaban J connectivity index is 1.36. The molecule has 5 rings (SSSR count). The van der Waals surface area contributed by atoms with Gasteiger partial charge in [-0.15, -0.1) is 0 Å². The Morgan fingerprint density at radius 1 is 0.944 bits per heavy atom. The summed E-state index contributed by atoms with van der Waals surface area (Å²) >= 11 is 0. The van der Waals surface area contributed by atoms with E-state index in [1.165, 1.54) is 12.1 Å². The van der Waals surface area contributed by atoms with Gasteiger partial charge >= 0.3 is 11.6 Å². The quantitative estimate of drug-likeness (QED) is 0.237. The molecule has 0 radical (unpaired) electrons. The Kier molecular flexibility index (Phi) is 6.91. The molecule has 1 N–H and O–H groups in total. The van der Waals surface area contributed by atoms with Crippen LogP contribution >= 0.6 is 0 Å². The monoisotopic (exact) mass is 483 g/mol. The van der Waals surface area contributed by atoms with Gasteiger partial charge in [0.2, 0.25) is 0 Å². The fourth-order valence-electron chi connectivity index (χ4n) is 4.35. The maximum atomic E-state index is 13.3. The van der Waals surface area contributed by atoms with Crippen molar-refractivity contribution in [3.63, 3.8) is 0 Å². The molecule has 1 unspecified atom stereocenters. The second-order valence-corrected chi connectivity index (χ2v) is 8.67. The molecule has 1 aliphatic heterocycles. The lowest BCUT2D eigenvalue weighted by atomic mass is 9.91. The molecule has 36 heavy (non-hydrogen) atoms. The lowest BCUT2D eigenvalue weighted by Gasteiger charge is -2.17. The smallest absolute Gasteiger partial charge is 0.349 e. The normalized spacial score (nSPS) is 15.2. The van der Waals surface area contributed by atoms with Gasteiger partial charge < -0.3 is 19.2 Å². The molecule has 0 spiro atoms. The molecule has 3 aromatic carbocycles. The Bertz CT molecular complexity index is 1390. The number of amides is 1. The fraction of sp³-hybridized carbons (Fsp3) is 0.207. The number of nitrogens with one attached hydrogen (secondary N) is 1. The van der Waals surface area contributed by atoms with Gasteiger partial charge in [0, 0.05) is 24.6 Å². The van der Waals surface area contributed by atoms with E-state index in [1.54, 1.807) is 12.1 Å². The van der Waals surface area contributed by atoms with Gasteiger partial charge in [0.05, 0.1) is 6.10 Å². The van der Waals surface area contributed by atoms with E-state index in [2.05, 4.69) is 5.32 Å². The number of fused-ring (bicyclic) bond motifs is 1. The molecule has 182 valence electrons. The number of rotatable bonds is 7. The van der Waals surface area contributed by atoms with Crippen LogP contribution in [0.25, 0.3) is 11.0 Å². The van der Waals surface area contributed by atoms with Crippen molar-refractivity contribution in [3.05, 3.63) is 112 Å². The van der Waals surface area contributed by atoms with Crippen LogP contribution in [0.1, 0.15) is 40.2 Å². The van der Waals surface area contributed by atoms with E-state index in [0.717, 1.165) is 24.0 Å². The number of carbonyl (C=O) groups is 2. The Morgan fingerprint density at radius 2 is 1.64 bits per heavy atom. The SMILES string of the molecule is O=C(NCC1CCCO1)c1cc2ccc(OC(=O)C(c3ccccc3)c3ccccc3)cc2oc1=O. The van der Waals surface area contributed by atoms with Crippen molar-refractivity contribution in [2.45, 2.75) is 24.9 Å². The molecule has 7 nitrogen and oxygen atoms in total. The number of esters is 1. The van der Waals surface area contributed by atoms with Crippen LogP contribution in [0.2, 0.25) is 0 Å². The highest BCUT2D eigenvalue weighted by atomic mass is 16.5. The van der Waals surface area contributed by atoms with Gasteiger partial charge in [0.25, 0.3) is 5.91 Å². The molecule has 0 aliphatic carbocycles. The number of benzene rings is 3. The predicted molar refractivity (Wildman–Crippen MR) is 134 cm³/mol. The van der Waals surface area contributed by atoms with Crippen LogP contribution in [0.3, 0.4) is 0 Å². The van der Waals surface area contributed by atoms with Crippen LogP contribution in [-0.2, 0) is 9.53 Å². The van der Waals surface area contributed by atoms with Crippen LogP contribution in [-0.4, -0.2) is 31.1 Å². The van der Waals surface area contributed by atoms with Crippen molar-refractivity contribution in [3.8, 4) is 5.75 Å². The molecule has 1 fully saturated rings. The lowest BCUT2D eigenvalue weighted by Crippen LogP contribution is -2.34. The second kappa shape index (κ2) is 10.6. The number of hydrogen-bond donors (Lipinski definition) is 1. The summed E-state index contributed by atoms with van der Waals surface area (Å²) in [4.78, 5) is 38.3. The molecule has 4 aromatic rings. The molecule has 0 bridgehead atoms. The van der Waals surface area contributed by atoms with Gasteiger partial charge in [-0.3, -0.25) is 9.59 Å². The molecule has 1 amide bonds. The van der Waals surface area contributed by atoms with Gasteiger partial charge in [-0.25, -0.2) is 4.79 Å². The van der Waals surface area contributed by atoms with Crippen LogP contribution in [0, 0.1) is 0 Å². The van der Waals surface area contributed by atoms with Crippen LogP contribution in [0.15, 0.2) is 94.1 Å². The largest absolute Gasteiger partial charge is 0.426 e. The summed E-state index contributed by atoms with van der Waals surface area (Å²) in [7, 11) is 0. The standard InChI is InChI=1S/C29H25NO6/c31-27(30-18-23-12-7-15-34-23)24-16-21-13-14-22(17-25(21)36-28(24)32)35-29(33)26(19-8-3-1-4-9-19)20-10-5-2-6-11-20/h1-6,8-11,13-14,16-17,23,26H,7,12,15,18H2,(H,30,31). The number of ether oxygens (including phenoxy) is 2. The topological polar surface area (TPSA) is 94.8 Å². The van der Waals surface area contributed by atoms with Crippen molar-refractivity contribution in [2.75, 3.05) is 13.2 Å². The van der Waals surface area contributed by atoms with Crippen molar-refractivity contribution in [1.82, 2.24) is 5.32 Å². The molecule has 1 aliphatic rings. The van der Waals surface area contributed by atoms with E-state index in [0.29, 0.717) is 18.5 Å². The molecule has 1 saturated heterocycles. The van der Waals surface area contributed by atoms with E-state index in [1.807, 2.05) is 60.7 Å². The summed E-state index contributed by atoms with van der Waals surface area (Å²) in [5, 5.41) is 3.28. The molecule has 1 atom stereocenters. The number of carbonyl (C=O) groups excluding carboxylic acids is 2. The average molecular weight is 484 g/mol. The first-order valence-electron chi connectivity index (χ1n) is 11.9. The first kappa shape index (κ1) is 23.5. The van der Waals surface area contributed by atoms with E-state index in [4.69, 9.17) is 13.9 Å². The highest BCUT2D eigenvalue weighted by Gasteiger charge is 2.25. The Labute approximate surface area is 207 Å². The Morgan fingerprint density at radius 3 is 2.28 bits per heavy atom. The molecule has 0 saturated carbocycles. The van der Waals surface area contributed by atoms with Gasteiger partial charge in [0.15, 0.2) is 0 Å². The molecule has 2 heterocycles. The van der Waals surface area contributed by atoms with Gasteiger partial charge in [0.1, 0.15) is 22.8 Å². The Hall–Kier alpha value is -4.23. The van der Waals surface area contributed by atoms with E-state index < -0.39 is 23.4 Å². The third-order valence-corrected chi connectivity index (χ3v) is 6.19. The van der Waals surface area contributed by atoms with Crippen molar-refractivity contribution < 1.29 is 23.5 Å². The first-order chi connectivity index (χ1) is 17.6. The van der Waals surface area contributed by atoms with Crippen LogP contribution < -0.4 is 15.7 Å². The minimum absolute atomic E-state index is 0.0331. The maximum Gasteiger partial charge on any atom is 0.349 e. The fourth-order valence-corrected chi connectivity index (χ4v) is 4.35. The zero-order valence-corrected chi connectivity index (χ0v) is 19.5. The van der Waals surface area contributed by atoms with Gasteiger partial charge in [-0.2, -0.15) is 0 Å². The van der Waals surface area contributed by atoms with E-state index in [-0.39, 0.29) is 23.0 Å². The summed E-state index contributed by atoms with van der Waals surface area (Å²) < 4.78 is 16.6. The summed E-state index contributed by atoms with van der Waals surface area (Å²) in [5.41, 5.74) is 0.983.